The lowest BCUT2D eigenvalue weighted by Crippen LogP contribution is -2.30. The second-order valence-electron chi connectivity index (χ2n) is 4.77. The van der Waals surface area contributed by atoms with Crippen molar-refractivity contribution in [1.29, 1.82) is 0 Å². The Bertz CT molecular complexity index is 559. The van der Waals surface area contributed by atoms with Gasteiger partial charge in [-0.25, -0.2) is 13.6 Å². The number of halogens is 2. The van der Waals surface area contributed by atoms with E-state index in [9.17, 15) is 18.4 Å². The highest BCUT2D eigenvalue weighted by atomic mass is 19.2. The first-order valence-electron chi connectivity index (χ1n) is 6.62. The first kappa shape index (κ1) is 15.2. The molecule has 0 spiro atoms. The summed E-state index contributed by atoms with van der Waals surface area (Å²) in [4.78, 5) is 22.6. The Morgan fingerprint density at radius 2 is 1.95 bits per heavy atom. The van der Waals surface area contributed by atoms with Gasteiger partial charge in [0.25, 0.3) is 0 Å². The Labute approximate surface area is 120 Å². The minimum absolute atomic E-state index is 0.00973. The minimum atomic E-state index is -1.26. The molecule has 5 nitrogen and oxygen atoms in total. The molecule has 1 aromatic carbocycles. The number of methoxy groups -OCH3 is 1. The third kappa shape index (κ3) is 3.68. The van der Waals surface area contributed by atoms with Crippen LogP contribution >= 0.6 is 0 Å². The lowest BCUT2D eigenvalue weighted by molar-refractivity contribution is -0.122. The summed E-state index contributed by atoms with van der Waals surface area (Å²) in [6.07, 6.45) is 1.82. The van der Waals surface area contributed by atoms with Gasteiger partial charge in [0.1, 0.15) is 0 Å². The molecule has 1 aromatic rings. The van der Waals surface area contributed by atoms with Gasteiger partial charge in [0.15, 0.2) is 11.6 Å². The molecule has 0 radical (unpaired) electrons. The van der Waals surface area contributed by atoms with Crippen molar-refractivity contribution < 1.29 is 23.1 Å². The fourth-order valence-electron chi connectivity index (χ4n) is 1.83. The van der Waals surface area contributed by atoms with Crippen LogP contribution in [0.2, 0.25) is 0 Å². The van der Waals surface area contributed by atoms with Crippen molar-refractivity contribution >= 4 is 17.6 Å². The SMILES string of the molecule is COC(=O)c1ccc(NCCNC(=O)C2CC2)c(F)c1F. The Morgan fingerprint density at radius 1 is 1.24 bits per heavy atom. The lowest BCUT2D eigenvalue weighted by Gasteiger charge is -2.10. The molecule has 0 unspecified atom stereocenters. The van der Waals surface area contributed by atoms with Crippen LogP contribution in [0.25, 0.3) is 0 Å². The van der Waals surface area contributed by atoms with Crippen molar-refractivity contribution in [2.45, 2.75) is 12.8 Å². The standard InChI is InChI=1S/C14H16F2N2O3/c1-21-14(20)9-4-5-10(12(16)11(9)15)17-6-7-18-13(19)8-2-3-8/h4-5,8,17H,2-3,6-7H2,1H3,(H,18,19). The van der Waals surface area contributed by atoms with Crippen LogP contribution in [-0.2, 0) is 9.53 Å². The van der Waals surface area contributed by atoms with E-state index in [0.29, 0.717) is 6.54 Å². The molecular weight excluding hydrogens is 282 g/mol. The fraction of sp³-hybridized carbons (Fsp3) is 0.429. The van der Waals surface area contributed by atoms with Crippen LogP contribution in [-0.4, -0.2) is 32.1 Å². The van der Waals surface area contributed by atoms with Gasteiger partial charge in [0.05, 0.1) is 18.4 Å². The average Bonchev–Trinajstić information content (AvgIpc) is 3.31. The zero-order chi connectivity index (χ0) is 15.4. The average molecular weight is 298 g/mol. The second-order valence-corrected chi connectivity index (χ2v) is 4.77. The first-order valence-corrected chi connectivity index (χ1v) is 6.62. The van der Waals surface area contributed by atoms with Crippen molar-refractivity contribution in [2.24, 2.45) is 5.92 Å². The van der Waals surface area contributed by atoms with E-state index in [1.807, 2.05) is 0 Å². The van der Waals surface area contributed by atoms with E-state index in [1.165, 1.54) is 6.07 Å². The van der Waals surface area contributed by atoms with Gasteiger partial charge in [-0.15, -0.1) is 0 Å². The molecule has 0 bridgehead atoms. The first-order chi connectivity index (χ1) is 10.0. The Kier molecular flexibility index (Phi) is 4.72. The molecule has 0 aromatic heterocycles. The molecular formula is C14H16F2N2O3. The van der Waals surface area contributed by atoms with Crippen molar-refractivity contribution in [2.75, 3.05) is 25.5 Å². The number of hydrogen-bond donors (Lipinski definition) is 2. The smallest absolute Gasteiger partial charge is 0.340 e. The number of benzene rings is 1. The number of carbonyl (C=O) groups is 2. The summed E-state index contributed by atoms with van der Waals surface area (Å²) in [6.45, 7) is 0.571. The molecule has 1 amide bonds. The molecule has 21 heavy (non-hydrogen) atoms. The minimum Gasteiger partial charge on any atom is -0.465 e. The summed E-state index contributed by atoms with van der Waals surface area (Å²) in [5.74, 6) is -3.24. The van der Waals surface area contributed by atoms with E-state index in [2.05, 4.69) is 15.4 Å². The fourth-order valence-corrected chi connectivity index (χ4v) is 1.83. The molecule has 1 aliphatic carbocycles. The van der Waals surface area contributed by atoms with Gasteiger partial charge in [-0.1, -0.05) is 0 Å². The van der Waals surface area contributed by atoms with Crippen molar-refractivity contribution in [1.82, 2.24) is 5.32 Å². The summed E-state index contributed by atoms with van der Waals surface area (Å²) in [7, 11) is 1.09. The van der Waals surface area contributed by atoms with Crippen molar-refractivity contribution in [3.8, 4) is 0 Å². The molecule has 0 heterocycles. The number of carbonyl (C=O) groups excluding carboxylic acids is 2. The van der Waals surface area contributed by atoms with E-state index in [4.69, 9.17) is 0 Å². The highest BCUT2D eigenvalue weighted by Gasteiger charge is 2.29. The number of nitrogens with one attached hydrogen (secondary N) is 2. The molecule has 1 aliphatic rings. The van der Waals surface area contributed by atoms with Crippen LogP contribution in [0.4, 0.5) is 14.5 Å². The number of amides is 1. The number of anilines is 1. The number of esters is 1. The van der Waals surface area contributed by atoms with Crippen LogP contribution < -0.4 is 10.6 Å². The van der Waals surface area contributed by atoms with Crippen LogP contribution in [0.15, 0.2) is 12.1 Å². The van der Waals surface area contributed by atoms with E-state index < -0.39 is 23.2 Å². The van der Waals surface area contributed by atoms with Crippen LogP contribution in [0.3, 0.4) is 0 Å². The molecule has 2 N–H and O–H groups in total. The molecule has 1 fully saturated rings. The van der Waals surface area contributed by atoms with Gasteiger partial charge in [0, 0.05) is 19.0 Å². The maximum absolute atomic E-state index is 13.8. The topological polar surface area (TPSA) is 67.4 Å². The van der Waals surface area contributed by atoms with Crippen LogP contribution in [0.1, 0.15) is 23.2 Å². The summed E-state index contributed by atoms with van der Waals surface area (Å²) in [6, 6.07) is 2.41. The molecule has 1 saturated carbocycles. The molecule has 0 atom stereocenters. The maximum Gasteiger partial charge on any atom is 0.340 e. The van der Waals surface area contributed by atoms with Crippen molar-refractivity contribution in [3.05, 3.63) is 29.3 Å². The number of rotatable bonds is 6. The van der Waals surface area contributed by atoms with Gasteiger partial charge in [-0.3, -0.25) is 4.79 Å². The molecule has 114 valence electrons. The maximum atomic E-state index is 13.8. The highest BCUT2D eigenvalue weighted by Crippen LogP contribution is 2.28. The van der Waals surface area contributed by atoms with Crippen LogP contribution in [0, 0.1) is 17.6 Å². The summed E-state index contributed by atoms with van der Waals surface area (Å²) in [5, 5.41) is 5.37. The zero-order valence-corrected chi connectivity index (χ0v) is 11.5. The zero-order valence-electron chi connectivity index (χ0n) is 11.5. The molecule has 2 rings (SSSR count). The Hall–Kier alpha value is -2.18. The van der Waals surface area contributed by atoms with Gasteiger partial charge >= 0.3 is 5.97 Å². The third-order valence-electron chi connectivity index (χ3n) is 3.18. The molecule has 7 heteroatoms. The van der Waals surface area contributed by atoms with E-state index in [1.54, 1.807) is 0 Å². The third-order valence-corrected chi connectivity index (χ3v) is 3.18. The largest absolute Gasteiger partial charge is 0.465 e. The van der Waals surface area contributed by atoms with Gasteiger partial charge in [-0.05, 0) is 25.0 Å². The monoisotopic (exact) mass is 298 g/mol. The summed E-state index contributed by atoms with van der Waals surface area (Å²) < 4.78 is 31.8. The summed E-state index contributed by atoms with van der Waals surface area (Å²) in [5.41, 5.74) is -0.525. The Balaban J connectivity index is 1.89. The number of hydrogen-bond acceptors (Lipinski definition) is 4. The van der Waals surface area contributed by atoms with Gasteiger partial charge in [-0.2, -0.15) is 0 Å². The normalized spacial score (nSPS) is 13.7. The highest BCUT2D eigenvalue weighted by molar-refractivity contribution is 5.90. The van der Waals surface area contributed by atoms with Crippen LogP contribution in [0.5, 0.6) is 0 Å². The van der Waals surface area contributed by atoms with Gasteiger partial charge < -0.3 is 15.4 Å². The predicted octanol–water partition coefficient (Wildman–Crippen LogP) is 1.69. The van der Waals surface area contributed by atoms with E-state index >= 15 is 0 Å². The Morgan fingerprint density at radius 3 is 2.57 bits per heavy atom. The van der Waals surface area contributed by atoms with E-state index in [-0.39, 0.29) is 24.1 Å². The molecule has 0 aliphatic heterocycles. The quantitative estimate of drug-likeness (QED) is 0.619. The van der Waals surface area contributed by atoms with Crippen molar-refractivity contribution in [3.63, 3.8) is 0 Å². The summed E-state index contributed by atoms with van der Waals surface area (Å²) >= 11 is 0. The molecule has 0 saturated heterocycles. The lowest BCUT2D eigenvalue weighted by atomic mass is 10.2. The second kappa shape index (κ2) is 6.51. The van der Waals surface area contributed by atoms with Gasteiger partial charge in [0.2, 0.25) is 5.91 Å². The predicted molar refractivity (Wildman–Crippen MR) is 71.9 cm³/mol. The number of ether oxygens (including phenoxy) is 1. The van der Waals surface area contributed by atoms with E-state index in [0.717, 1.165) is 26.0 Å².